The summed E-state index contributed by atoms with van der Waals surface area (Å²) in [6.45, 7) is 9.19. The number of ether oxygens (including phenoxy) is 10. The van der Waals surface area contributed by atoms with Crippen molar-refractivity contribution in [1.82, 2.24) is 0 Å². The van der Waals surface area contributed by atoms with Crippen LogP contribution >= 0.6 is 11.6 Å². The van der Waals surface area contributed by atoms with Crippen molar-refractivity contribution in [1.29, 1.82) is 0 Å². The summed E-state index contributed by atoms with van der Waals surface area (Å²) in [5.74, 6) is -4.57. The van der Waals surface area contributed by atoms with Gasteiger partial charge in [-0.15, -0.1) is 6.58 Å². The average Bonchev–Trinajstić information content (AvgIpc) is 2.90. The summed E-state index contributed by atoms with van der Waals surface area (Å²) in [7, 11) is 0. The number of halogens is 1. The van der Waals surface area contributed by atoms with Crippen LogP contribution in [-0.2, 0) is 76.1 Å². The quantitative estimate of drug-likeness (QED) is 0.115. The Bertz CT molecular complexity index is 1060. The average molecular weight is 653 g/mol. The summed E-state index contributed by atoms with van der Waals surface area (Å²) in [6.07, 6.45) is -11.1. The summed E-state index contributed by atoms with van der Waals surface area (Å²) in [5.41, 5.74) is -1.39. The maximum absolute atomic E-state index is 12.2. The monoisotopic (exact) mass is 652 g/mol. The SMILES string of the molecule is C=CCO[C@H]1[C@H](O[C@H]2[C@H](OC(C)=O)[C@@H](OC(C)=O)[C@H](Cl)O[C@@H]2COC(C)=O)O[C@H](COC(C)=O)[C@H](OC(C)=O)[C@@H]1OC(C)=O. The highest BCUT2D eigenvalue weighted by molar-refractivity contribution is 6.20. The van der Waals surface area contributed by atoms with Crippen LogP contribution in [0.5, 0.6) is 0 Å². The van der Waals surface area contributed by atoms with E-state index < -0.39 is 110 Å². The van der Waals surface area contributed by atoms with E-state index >= 15 is 0 Å². The largest absolute Gasteiger partial charge is 0.463 e. The molecule has 0 N–H and O–H groups in total. The van der Waals surface area contributed by atoms with Gasteiger partial charge in [-0.2, -0.15) is 0 Å². The zero-order chi connectivity index (χ0) is 33.1. The third-order valence-corrected chi connectivity index (χ3v) is 6.33. The molecule has 2 aliphatic rings. The Morgan fingerprint density at radius 3 is 1.50 bits per heavy atom. The van der Waals surface area contributed by atoms with Gasteiger partial charge in [0, 0.05) is 41.5 Å². The molecule has 0 aromatic carbocycles. The van der Waals surface area contributed by atoms with Crippen molar-refractivity contribution in [2.24, 2.45) is 0 Å². The summed E-state index contributed by atoms with van der Waals surface area (Å²) in [6, 6.07) is 0. The lowest BCUT2D eigenvalue weighted by Crippen LogP contribution is -2.66. The fourth-order valence-corrected chi connectivity index (χ4v) is 4.82. The molecular formula is C27H37ClO16. The lowest BCUT2D eigenvalue weighted by atomic mass is 9.96. The highest BCUT2D eigenvalue weighted by Crippen LogP contribution is 2.35. The molecule has 0 amide bonds. The molecule has 0 aromatic rings. The molecule has 248 valence electrons. The van der Waals surface area contributed by atoms with E-state index in [4.69, 9.17) is 59.0 Å². The molecule has 0 bridgehead atoms. The van der Waals surface area contributed by atoms with Gasteiger partial charge in [0.1, 0.15) is 37.6 Å². The van der Waals surface area contributed by atoms with Crippen molar-refractivity contribution in [3.63, 3.8) is 0 Å². The molecule has 44 heavy (non-hydrogen) atoms. The van der Waals surface area contributed by atoms with Gasteiger partial charge >= 0.3 is 35.8 Å². The van der Waals surface area contributed by atoms with Crippen LogP contribution in [0.3, 0.4) is 0 Å². The Morgan fingerprint density at radius 2 is 1.05 bits per heavy atom. The molecule has 2 heterocycles. The van der Waals surface area contributed by atoms with Crippen LogP contribution < -0.4 is 0 Å². The van der Waals surface area contributed by atoms with Crippen molar-refractivity contribution >= 4 is 47.4 Å². The highest BCUT2D eigenvalue weighted by atomic mass is 35.5. The van der Waals surface area contributed by atoms with E-state index in [0.717, 1.165) is 41.5 Å². The van der Waals surface area contributed by atoms with Gasteiger partial charge in [0.25, 0.3) is 0 Å². The number of hydrogen-bond acceptors (Lipinski definition) is 16. The number of carbonyl (C=O) groups is 6. The molecule has 10 atom stereocenters. The van der Waals surface area contributed by atoms with Crippen molar-refractivity contribution in [2.45, 2.75) is 102 Å². The van der Waals surface area contributed by atoms with E-state index in [2.05, 4.69) is 6.58 Å². The van der Waals surface area contributed by atoms with Crippen LogP contribution in [0.25, 0.3) is 0 Å². The number of esters is 6. The Kier molecular flexibility index (Phi) is 14.5. The second-order valence-corrected chi connectivity index (χ2v) is 10.1. The van der Waals surface area contributed by atoms with Gasteiger partial charge in [-0.3, -0.25) is 28.8 Å². The third kappa shape index (κ3) is 11.0. The van der Waals surface area contributed by atoms with Crippen LogP contribution in [0.2, 0.25) is 0 Å². The van der Waals surface area contributed by atoms with E-state index in [-0.39, 0.29) is 6.61 Å². The molecule has 2 aliphatic heterocycles. The lowest BCUT2D eigenvalue weighted by molar-refractivity contribution is -0.345. The minimum absolute atomic E-state index is 0.141. The van der Waals surface area contributed by atoms with Gasteiger partial charge in [0.05, 0.1) is 6.61 Å². The first kappa shape index (κ1) is 36.9. The molecule has 0 unspecified atom stereocenters. The van der Waals surface area contributed by atoms with E-state index in [0.29, 0.717) is 0 Å². The minimum Gasteiger partial charge on any atom is -0.463 e. The van der Waals surface area contributed by atoms with Gasteiger partial charge in [0.2, 0.25) is 0 Å². The first-order valence-corrected chi connectivity index (χ1v) is 13.9. The topological polar surface area (TPSA) is 195 Å². The van der Waals surface area contributed by atoms with Crippen LogP contribution in [-0.4, -0.2) is 116 Å². The Labute approximate surface area is 258 Å². The van der Waals surface area contributed by atoms with Gasteiger partial charge < -0.3 is 47.4 Å². The van der Waals surface area contributed by atoms with Crippen LogP contribution in [0, 0.1) is 0 Å². The van der Waals surface area contributed by atoms with E-state index in [1.807, 2.05) is 0 Å². The van der Waals surface area contributed by atoms with Crippen LogP contribution in [0.1, 0.15) is 41.5 Å². The van der Waals surface area contributed by atoms with Gasteiger partial charge in [-0.05, 0) is 0 Å². The number of rotatable bonds is 13. The summed E-state index contributed by atoms with van der Waals surface area (Å²) >= 11 is 6.35. The predicted octanol–water partition coefficient (Wildman–Crippen LogP) is 0.484. The van der Waals surface area contributed by atoms with Crippen LogP contribution in [0.4, 0.5) is 0 Å². The zero-order valence-corrected chi connectivity index (χ0v) is 25.8. The number of hydrogen-bond donors (Lipinski definition) is 0. The van der Waals surface area contributed by atoms with Crippen molar-refractivity contribution in [3.05, 3.63) is 12.7 Å². The van der Waals surface area contributed by atoms with E-state index in [1.54, 1.807) is 0 Å². The maximum atomic E-state index is 12.2. The molecule has 2 saturated heterocycles. The fourth-order valence-electron chi connectivity index (χ4n) is 4.50. The second kappa shape index (κ2) is 17.2. The lowest BCUT2D eigenvalue weighted by Gasteiger charge is -2.48. The zero-order valence-electron chi connectivity index (χ0n) is 25.1. The highest BCUT2D eigenvalue weighted by Gasteiger charge is 2.56. The smallest absolute Gasteiger partial charge is 0.303 e. The van der Waals surface area contributed by atoms with Crippen molar-refractivity contribution < 1.29 is 76.1 Å². The molecule has 0 aromatic heterocycles. The Balaban J connectivity index is 2.64. The molecular weight excluding hydrogens is 616 g/mol. The van der Waals surface area contributed by atoms with Crippen molar-refractivity contribution in [2.75, 3.05) is 19.8 Å². The first-order chi connectivity index (χ1) is 20.6. The molecule has 17 heteroatoms. The minimum atomic E-state index is -1.57. The summed E-state index contributed by atoms with van der Waals surface area (Å²) in [4.78, 5) is 71.6. The maximum Gasteiger partial charge on any atom is 0.303 e. The molecule has 0 spiro atoms. The molecule has 16 nitrogen and oxygen atoms in total. The Morgan fingerprint density at radius 1 is 0.614 bits per heavy atom. The first-order valence-electron chi connectivity index (χ1n) is 13.4. The normalized spacial score (nSPS) is 31.5. The van der Waals surface area contributed by atoms with E-state index in [9.17, 15) is 28.8 Å². The molecule has 0 aliphatic carbocycles. The second-order valence-electron chi connectivity index (χ2n) is 9.66. The molecule has 0 radical (unpaired) electrons. The molecule has 2 fully saturated rings. The molecule has 0 saturated carbocycles. The summed E-state index contributed by atoms with van der Waals surface area (Å²) in [5, 5.41) is 0. The Hall–Kier alpha value is -3.31. The predicted molar refractivity (Wildman–Crippen MR) is 143 cm³/mol. The van der Waals surface area contributed by atoms with Crippen molar-refractivity contribution in [3.8, 4) is 0 Å². The van der Waals surface area contributed by atoms with Gasteiger partial charge in [-0.1, -0.05) is 17.7 Å². The number of carbonyl (C=O) groups excluding carboxylic acids is 6. The standard InChI is InChI=1S/C27H37ClO16/c1-8-9-35-25-23(40-16(6)33)20(38-14(4)31)19(11-37-13(3)30)43-27(25)44-21-18(10-36-12(2)29)42-26(28)24(41-17(7)34)22(21)39-15(5)32/h8,18-27H,1,9-11H2,2-7H3/t18-,19-,20+,21-,22+,23+,24-,25-,26-,27+/m1/s1. The van der Waals surface area contributed by atoms with E-state index in [1.165, 1.54) is 6.08 Å². The van der Waals surface area contributed by atoms with Gasteiger partial charge in [-0.25, -0.2) is 0 Å². The van der Waals surface area contributed by atoms with Crippen LogP contribution in [0.15, 0.2) is 12.7 Å². The summed E-state index contributed by atoms with van der Waals surface area (Å²) < 4.78 is 55.9. The number of alkyl halides is 1. The third-order valence-electron chi connectivity index (χ3n) is 5.98. The molecule has 2 rings (SSSR count). The fraction of sp³-hybridized carbons (Fsp3) is 0.704. The van der Waals surface area contributed by atoms with Gasteiger partial charge in [0.15, 0.2) is 36.3 Å².